The van der Waals surface area contributed by atoms with Crippen LogP contribution in [0.3, 0.4) is 0 Å². The Balaban J connectivity index is 1.80. The monoisotopic (exact) mass is 564 g/mol. The van der Waals surface area contributed by atoms with Crippen molar-refractivity contribution in [2.75, 3.05) is 13.4 Å². The molecule has 0 radical (unpaired) electrons. The highest BCUT2D eigenvalue weighted by molar-refractivity contribution is 7.90. The van der Waals surface area contributed by atoms with E-state index in [0.717, 1.165) is 31.9 Å². The molecule has 8 nitrogen and oxygen atoms in total. The Bertz CT molecular complexity index is 1780. The van der Waals surface area contributed by atoms with Crippen molar-refractivity contribution in [1.29, 1.82) is 0 Å². The lowest BCUT2D eigenvalue weighted by Crippen LogP contribution is -2.16. The zero-order valence-electron chi connectivity index (χ0n) is 21.6. The van der Waals surface area contributed by atoms with Gasteiger partial charge in [-0.25, -0.2) is 30.6 Å². The number of carbonyl (C=O) groups excluding carboxylic acids is 1. The first-order valence-electron chi connectivity index (χ1n) is 12.5. The molecule has 0 unspecified atom stereocenters. The zero-order valence-corrected chi connectivity index (χ0v) is 23.2. The summed E-state index contributed by atoms with van der Waals surface area (Å²) < 4.78 is 58.4. The van der Waals surface area contributed by atoms with E-state index < -0.39 is 25.8 Å². The van der Waals surface area contributed by atoms with Gasteiger partial charge in [0.15, 0.2) is 15.5 Å². The van der Waals surface area contributed by atoms with Gasteiger partial charge in [-0.05, 0) is 60.7 Å². The summed E-state index contributed by atoms with van der Waals surface area (Å²) in [6, 6.07) is 17.8. The number of hydrogen-bond acceptors (Lipinski definition) is 7. The standard InChI is InChI=1S/C29H28N2O6S2/c1-37-29(32)23-17-22-18-27(31(28(22)30-19-23)39(35,36)25-10-4-3-5-11-25)26(16-20-8-6-7-9-20)21-12-14-24(15-13-21)38(2,33)34/h3-5,10-20H,6-9H2,1-2H3. The SMILES string of the molecule is COC(=O)c1cnc2c(c1)cc(C(=CC1CCCC1)c1ccc(S(C)(=O)=O)cc1)n2S(=O)(=O)c1ccccc1. The van der Waals surface area contributed by atoms with E-state index in [1.165, 1.54) is 41.5 Å². The van der Waals surface area contributed by atoms with Crippen LogP contribution < -0.4 is 0 Å². The number of esters is 1. The van der Waals surface area contributed by atoms with Gasteiger partial charge in [-0.1, -0.05) is 49.2 Å². The Morgan fingerprint density at radius 1 is 0.923 bits per heavy atom. The average Bonchev–Trinajstić information content (AvgIpc) is 3.59. The Morgan fingerprint density at radius 2 is 1.59 bits per heavy atom. The second-order valence-corrected chi connectivity index (χ2v) is 13.5. The molecule has 5 rings (SSSR count). The van der Waals surface area contributed by atoms with Gasteiger partial charge in [0.05, 0.1) is 28.2 Å². The zero-order chi connectivity index (χ0) is 27.8. The van der Waals surface area contributed by atoms with Crippen molar-refractivity contribution < 1.29 is 26.4 Å². The minimum Gasteiger partial charge on any atom is -0.465 e. The highest BCUT2D eigenvalue weighted by Crippen LogP contribution is 2.36. The predicted octanol–water partition coefficient (Wildman–Crippen LogP) is 5.09. The molecule has 1 aliphatic carbocycles. The molecule has 0 aliphatic heterocycles. The van der Waals surface area contributed by atoms with E-state index in [-0.39, 0.29) is 26.9 Å². The second kappa shape index (κ2) is 10.4. The number of sulfone groups is 1. The number of hydrogen-bond donors (Lipinski definition) is 0. The van der Waals surface area contributed by atoms with Gasteiger partial charge >= 0.3 is 5.97 Å². The van der Waals surface area contributed by atoms with E-state index in [2.05, 4.69) is 11.1 Å². The lowest BCUT2D eigenvalue weighted by atomic mass is 9.96. The van der Waals surface area contributed by atoms with Gasteiger partial charge in [-0.2, -0.15) is 0 Å². The summed E-state index contributed by atoms with van der Waals surface area (Å²) in [5.74, 6) is -0.346. The Hall–Kier alpha value is -3.76. The molecule has 10 heteroatoms. The topological polar surface area (TPSA) is 112 Å². The number of rotatable bonds is 7. The largest absolute Gasteiger partial charge is 0.465 e. The fourth-order valence-electron chi connectivity index (χ4n) is 5.00. The predicted molar refractivity (Wildman–Crippen MR) is 149 cm³/mol. The number of fused-ring (bicyclic) bond motifs is 1. The number of pyridine rings is 1. The van der Waals surface area contributed by atoms with Gasteiger partial charge < -0.3 is 4.74 Å². The molecule has 1 fully saturated rings. The summed E-state index contributed by atoms with van der Waals surface area (Å²) in [6.07, 6.45) is 8.63. The molecule has 0 amide bonds. The Labute approximate surface area is 227 Å². The number of benzene rings is 2. The van der Waals surface area contributed by atoms with Crippen molar-refractivity contribution >= 4 is 42.4 Å². The molecule has 1 saturated carbocycles. The summed E-state index contributed by atoms with van der Waals surface area (Å²) in [7, 11) is -6.25. The van der Waals surface area contributed by atoms with E-state index >= 15 is 0 Å². The number of aromatic nitrogens is 2. The lowest BCUT2D eigenvalue weighted by molar-refractivity contribution is 0.0600. The molecular weight excluding hydrogens is 536 g/mol. The van der Waals surface area contributed by atoms with Crippen LogP contribution in [-0.2, 0) is 24.6 Å². The number of nitrogens with zero attached hydrogens (tertiary/aromatic N) is 2. The van der Waals surface area contributed by atoms with Crippen molar-refractivity contribution in [2.45, 2.75) is 35.5 Å². The van der Waals surface area contributed by atoms with E-state index in [1.54, 1.807) is 42.5 Å². The van der Waals surface area contributed by atoms with Gasteiger partial charge in [0.2, 0.25) is 0 Å². The molecule has 0 N–H and O–H groups in total. The van der Waals surface area contributed by atoms with Crippen molar-refractivity contribution in [1.82, 2.24) is 8.96 Å². The molecule has 4 aromatic rings. The fraction of sp³-hybridized carbons (Fsp3) is 0.241. The molecule has 2 aromatic heterocycles. The Morgan fingerprint density at radius 3 is 2.21 bits per heavy atom. The number of allylic oxidation sites excluding steroid dienone is 1. The maximum absolute atomic E-state index is 14.1. The molecule has 39 heavy (non-hydrogen) atoms. The summed E-state index contributed by atoms with van der Waals surface area (Å²) >= 11 is 0. The van der Waals surface area contributed by atoms with Crippen LogP contribution in [0.2, 0.25) is 0 Å². The van der Waals surface area contributed by atoms with E-state index in [4.69, 9.17) is 4.74 Å². The maximum atomic E-state index is 14.1. The minimum absolute atomic E-state index is 0.0928. The number of ether oxygens (including phenoxy) is 1. The minimum atomic E-state index is -4.11. The number of carbonyl (C=O) groups is 1. The summed E-state index contributed by atoms with van der Waals surface area (Å²) in [6.45, 7) is 0. The smallest absolute Gasteiger partial charge is 0.339 e. The van der Waals surface area contributed by atoms with Crippen molar-refractivity contribution in [3.8, 4) is 0 Å². The first-order chi connectivity index (χ1) is 18.6. The quantitative estimate of drug-likeness (QED) is 0.288. The van der Waals surface area contributed by atoms with Crippen molar-refractivity contribution in [3.05, 3.63) is 95.8 Å². The van der Waals surface area contributed by atoms with Gasteiger partial charge in [0.25, 0.3) is 10.0 Å². The normalized spacial score (nSPS) is 15.1. The molecule has 202 valence electrons. The molecule has 0 bridgehead atoms. The van der Waals surface area contributed by atoms with E-state index in [9.17, 15) is 21.6 Å². The van der Waals surface area contributed by atoms with Crippen molar-refractivity contribution in [2.24, 2.45) is 5.92 Å². The van der Waals surface area contributed by atoms with E-state index in [0.29, 0.717) is 22.2 Å². The van der Waals surface area contributed by atoms with Crippen LogP contribution in [-0.4, -0.2) is 45.1 Å². The second-order valence-electron chi connectivity index (χ2n) is 9.66. The highest BCUT2D eigenvalue weighted by Gasteiger charge is 2.28. The van der Waals surface area contributed by atoms with Crippen LogP contribution in [0.5, 0.6) is 0 Å². The fourth-order valence-corrected chi connectivity index (χ4v) is 7.13. The molecular formula is C29H28N2O6S2. The molecule has 1 aliphatic rings. The van der Waals surface area contributed by atoms with Crippen molar-refractivity contribution in [3.63, 3.8) is 0 Å². The summed E-state index contributed by atoms with van der Waals surface area (Å²) in [5.41, 5.74) is 2.08. The van der Waals surface area contributed by atoms with Crippen LogP contribution in [0, 0.1) is 5.92 Å². The number of methoxy groups -OCH3 is 1. The van der Waals surface area contributed by atoms with Gasteiger partial charge in [0.1, 0.15) is 0 Å². The average molecular weight is 565 g/mol. The molecule has 2 aromatic carbocycles. The van der Waals surface area contributed by atoms with Gasteiger partial charge in [-0.15, -0.1) is 0 Å². The first-order valence-corrected chi connectivity index (χ1v) is 15.9. The van der Waals surface area contributed by atoms with E-state index in [1.807, 2.05) is 0 Å². The molecule has 2 heterocycles. The molecule has 0 spiro atoms. The third-order valence-electron chi connectivity index (χ3n) is 6.97. The van der Waals surface area contributed by atoms with Crippen LogP contribution in [0.15, 0.2) is 88.8 Å². The Kier molecular flexibility index (Phi) is 7.17. The van der Waals surface area contributed by atoms with Crippen LogP contribution in [0.1, 0.15) is 47.3 Å². The summed E-state index contributed by atoms with van der Waals surface area (Å²) in [5, 5.41) is 0.456. The van der Waals surface area contributed by atoms with Crippen LogP contribution >= 0.6 is 0 Å². The first kappa shape index (κ1) is 26.8. The highest BCUT2D eigenvalue weighted by atomic mass is 32.2. The van der Waals surface area contributed by atoms with Gasteiger partial charge in [-0.3, -0.25) is 0 Å². The third-order valence-corrected chi connectivity index (χ3v) is 9.82. The van der Waals surface area contributed by atoms with Crippen LogP contribution in [0.4, 0.5) is 0 Å². The maximum Gasteiger partial charge on any atom is 0.339 e. The molecule has 0 atom stereocenters. The summed E-state index contributed by atoms with van der Waals surface area (Å²) in [4.78, 5) is 16.9. The van der Waals surface area contributed by atoms with Crippen LogP contribution in [0.25, 0.3) is 16.6 Å². The lowest BCUT2D eigenvalue weighted by Gasteiger charge is -2.16. The van der Waals surface area contributed by atoms with Gasteiger partial charge in [0, 0.05) is 23.4 Å². The third kappa shape index (κ3) is 5.26. The molecule has 0 saturated heterocycles.